The van der Waals surface area contributed by atoms with E-state index >= 15 is 0 Å². The van der Waals surface area contributed by atoms with Gasteiger partial charge >= 0.3 is 0 Å². The highest BCUT2D eigenvalue weighted by molar-refractivity contribution is 5.83. The Morgan fingerprint density at radius 1 is 1.11 bits per heavy atom. The number of aliphatic imine (C=N–C) groups is 1. The molecule has 1 aromatic carbocycles. The molecule has 0 aliphatic carbocycles. The normalized spacial score (nSPS) is 13.9. The molecule has 1 N–H and O–H groups in total. The number of rotatable bonds is 5. The van der Waals surface area contributed by atoms with E-state index in [0.29, 0.717) is 23.8 Å². The first kappa shape index (κ1) is 13.5. The summed E-state index contributed by atoms with van der Waals surface area (Å²) in [5.41, 5.74) is 1.07. The summed E-state index contributed by atoms with van der Waals surface area (Å²) in [6.07, 6.45) is 2.17. The molecule has 1 aliphatic heterocycles. The van der Waals surface area contributed by atoms with Crippen LogP contribution in [0.1, 0.15) is 18.4 Å². The molecule has 104 valence electrons. The topological polar surface area (TPSA) is 52.1 Å². The minimum Gasteiger partial charge on any atom is -0.493 e. The molecule has 0 unspecified atom stereocenters. The Bertz CT molecular complexity index is 447. The molecular weight excluding hydrogens is 244 g/mol. The number of ether oxygens (including phenoxy) is 3. The highest BCUT2D eigenvalue weighted by atomic mass is 16.5. The van der Waals surface area contributed by atoms with Gasteiger partial charge in [0.25, 0.3) is 0 Å². The minimum absolute atomic E-state index is 0.618. The molecule has 0 aromatic heterocycles. The molecule has 0 spiro atoms. The number of nitrogens with zero attached hydrogens (tertiary/aromatic N) is 1. The van der Waals surface area contributed by atoms with E-state index < -0.39 is 0 Å². The molecule has 1 aromatic rings. The summed E-state index contributed by atoms with van der Waals surface area (Å²) in [4.78, 5) is 4.39. The monoisotopic (exact) mass is 264 g/mol. The quantitative estimate of drug-likeness (QED) is 0.883. The number of nitrogens with one attached hydrogen (secondary N) is 1. The minimum atomic E-state index is 0.618. The van der Waals surface area contributed by atoms with Crippen LogP contribution in [-0.2, 0) is 6.54 Å². The smallest absolute Gasteiger partial charge is 0.203 e. The summed E-state index contributed by atoms with van der Waals surface area (Å²) < 4.78 is 16.0. The third kappa shape index (κ3) is 3.10. The maximum absolute atomic E-state index is 5.33. The predicted octanol–water partition coefficient (Wildman–Crippen LogP) is 1.99. The molecule has 1 aliphatic rings. The molecule has 2 rings (SSSR count). The summed E-state index contributed by atoms with van der Waals surface area (Å²) in [6, 6.07) is 3.90. The molecule has 19 heavy (non-hydrogen) atoms. The van der Waals surface area contributed by atoms with Crippen LogP contribution in [0.5, 0.6) is 17.2 Å². The first-order valence-corrected chi connectivity index (χ1v) is 6.34. The average molecular weight is 264 g/mol. The Morgan fingerprint density at radius 2 is 1.79 bits per heavy atom. The Hall–Kier alpha value is -1.91. The summed E-state index contributed by atoms with van der Waals surface area (Å²) in [6.45, 7) is 1.63. The second kappa shape index (κ2) is 6.31. The Kier molecular flexibility index (Phi) is 4.49. The third-order valence-electron chi connectivity index (χ3n) is 3.10. The lowest BCUT2D eigenvalue weighted by Gasteiger charge is -2.14. The van der Waals surface area contributed by atoms with Crippen LogP contribution in [0.3, 0.4) is 0 Å². The van der Waals surface area contributed by atoms with Gasteiger partial charge in [-0.05, 0) is 24.1 Å². The van der Waals surface area contributed by atoms with E-state index in [9.17, 15) is 0 Å². The number of methoxy groups -OCH3 is 3. The van der Waals surface area contributed by atoms with E-state index in [2.05, 4.69) is 10.3 Å². The maximum Gasteiger partial charge on any atom is 0.203 e. The second-order valence-electron chi connectivity index (χ2n) is 4.32. The lowest BCUT2D eigenvalue weighted by Crippen LogP contribution is -2.20. The molecule has 0 radical (unpaired) electrons. The van der Waals surface area contributed by atoms with Gasteiger partial charge in [0.2, 0.25) is 5.75 Å². The van der Waals surface area contributed by atoms with Crippen molar-refractivity contribution in [2.24, 2.45) is 4.99 Å². The summed E-state index contributed by atoms with van der Waals surface area (Å²) in [5, 5.41) is 3.34. The molecule has 0 amide bonds. The van der Waals surface area contributed by atoms with Crippen LogP contribution >= 0.6 is 0 Å². The summed E-state index contributed by atoms with van der Waals surface area (Å²) in [5.74, 6) is 3.04. The molecule has 5 nitrogen and oxygen atoms in total. The highest BCUT2D eigenvalue weighted by Gasteiger charge is 2.13. The highest BCUT2D eigenvalue weighted by Crippen LogP contribution is 2.38. The van der Waals surface area contributed by atoms with Gasteiger partial charge in [-0.1, -0.05) is 0 Å². The van der Waals surface area contributed by atoms with Crippen molar-refractivity contribution in [2.45, 2.75) is 19.4 Å². The van der Waals surface area contributed by atoms with Crippen LogP contribution in [0.4, 0.5) is 0 Å². The number of hydrogen-bond acceptors (Lipinski definition) is 5. The van der Waals surface area contributed by atoms with Gasteiger partial charge in [-0.3, -0.25) is 4.99 Å². The van der Waals surface area contributed by atoms with E-state index in [-0.39, 0.29) is 0 Å². The lowest BCUT2D eigenvalue weighted by atomic mass is 10.1. The van der Waals surface area contributed by atoms with Crippen molar-refractivity contribution in [1.29, 1.82) is 0 Å². The van der Waals surface area contributed by atoms with Crippen LogP contribution in [0.15, 0.2) is 17.1 Å². The van der Waals surface area contributed by atoms with Crippen molar-refractivity contribution in [3.63, 3.8) is 0 Å². The van der Waals surface area contributed by atoms with Crippen molar-refractivity contribution in [1.82, 2.24) is 5.32 Å². The van der Waals surface area contributed by atoms with Crippen LogP contribution < -0.4 is 19.5 Å². The standard InChI is InChI=1S/C14H20N2O3/c1-17-11-7-10(8-12(18-2)14(11)19-3)9-16-13-5-4-6-15-13/h7-8H,4-6,9H2,1-3H3,(H,15,16). The molecule has 0 bridgehead atoms. The van der Waals surface area contributed by atoms with Crippen molar-refractivity contribution in [2.75, 3.05) is 27.9 Å². The van der Waals surface area contributed by atoms with Crippen LogP contribution in [0.2, 0.25) is 0 Å². The molecule has 1 heterocycles. The summed E-state index contributed by atoms with van der Waals surface area (Å²) >= 11 is 0. The Morgan fingerprint density at radius 3 is 2.26 bits per heavy atom. The van der Waals surface area contributed by atoms with Crippen LogP contribution in [0.25, 0.3) is 0 Å². The number of benzene rings is 1. The average Bonchev–Trinajstić information content (AvgIpc) is 2.97. The van der Waals surface area contributed by atoms with E-state index in [1.807, 2.05) is 12.1 Å². The van der Waals surface area contributed by atoms with Gasteiger partial charge in [0.15, 0.2) is 11.5 Å². The van der Waals surface area contributed by atoms with Gasteiger partial charge in [-0.15, -0.1) is 0 Å². The molecule has 5 heteroatoms. The van der Waals surface area contributed by atoms with Gasteiger partial charge in [-0.2, -0.15) is 0 Å². The first-order chi connectivity index (χ1) is 9.28. The SMILES string of the molecule is COc1cc(CNC2=NCCC2)cc(OC)c1OC. The fourth-order valence-corrected chi connectivity index (χ4v) is 2.13. The largest absolute Gasteiger partial charge is 0.493 e. The van der Waals surface area contributed by atoms with Crippen LogP contribution in [0, 0.1) is 0 Å². The first-order valence-electron chi connectivity index (χ1n) is 6.34. The van der Waals surface area contributed by atoms with Crippen molar-refractivity contribution in [3.8, 4) is 17.2 Å². The molecular formula is C14H20N2O3. The van der Waals surface area contributed by atoms with Crippen molar-refractivity contribution >= 4 is 5.84 Å². The van der Waals surface area contributed by atoms with Gasteiger partial charge in [-0.25, -0.2) is 0 Å². The maximum atomic E-state index is 5.33. The fraction of sp³-hybridized carbons (Fsp3) is 0.500. The second-order valence-corrected chi connectivity index (χ2v) is 4.32. The third-order valence-corrected chi connectivity index (χ3v) is 3.10. The predicted molar refractivity (Wildman–Crippen MR) is 74.5 cm³/mol. The molecule has 0 fully saturated rings. The summed E-state index contributed by atoms with van der Waals surface area (Å²) in [7, 11) is 4.84. The van der Waals surface area contributed by atoms with Gasteiger partial charge in [0, 0.05) is 19.5 Å². The van der Waals surface area contributed by atoms with Crippen molar-refractivity contribution < 1.29 is 14.2 Å². The van der Waals surface area contributed by atoms with Gasteiger partial charge in [0.05, 0.1) is 27.2 Å². The molecule has 0 saturated heterocycles. The van der Waals surface area contributed by atoms with E-state index in [1.165, 1.54) is 0 Å². The lowest BCUT2D eigenvalue weighted by molar-refractivity contribution is 0.323. The van der Waals surface area contributed by atoms with E-state index in [0.717, 1.165) is 30.8 Å². The zero-order valence-electron chi connectivity index (χ0n) is 11.7. The Labute approximate surface area is 113 Å². The number of amidine groups is 1. The van der Waals surface area contributed by atoms with Crippen molar-refractivity contribution in [3.05, 3.63) is 17.7 Å². The fourth-order valence-electron chi connectivity index (χ4n) is 2.13. The molecule has 0 atom stereocenters. The van der Waals surface area contributed by atoms with E-state index in [4.69, 9.17) is 14.2 Å². The molecule has 0 saturated carbocycles. The van der Waals surface area contributed by atoms with E-state index in [1.54, 1.807) is 21.3 Å². The van der Waals surface area contributed by atoms with Crippen LogP contribution in [-0.4, -0.2) is 33.7 Å². The zero-order valence-corrected chi connectivity index (χ0v) is 11.7. The number of hydrogen-bond donors (Lipinski definition) is 1. The zero-order chi connectivity index (χ0) is 13.7. The van der Waals surface area contributed by atoms with Gasteiger partial charge in [0.1, 0.15) is 0 Å². The Balaban J connectivity index is 2.15. The van der Waals surface area contributed by atoms with Gasteiger partial charge < -0.3 is 19.5 Å².